The Labute approximate surface area is 39.5 Å². The fraction of sp³-hybridized carbons (Fsp3) is 1.00. The van der Waals surface area contributed by atoms with Crippen LogP contribution < -0.4 is 0 Å². The van der Waals surface area contributed by atoms with Crippen molar-refractivity contribution in [3.63, 3.8) is 0 Å². The fourth-order valence-electron chi connectivity index (χ4n) is 0. The number of hydrogen-bond acceptors (Lipinski definition) is 2. The first-order valence-corrected chi connectivity index (χ1v) is 0.947. The molecule has 1 unspecified atom stereocenters. The average Bonchev–Trinajstić information content (AvgIpc) is 1.58. The predicted molar refractivity (Wildman–Crippen MR) is 18.8 cm³/mol. The molecule has 0 saturated heterocycles. The molecule has 1 atom stereocenters. The van der Waals surface area contributed by atoms with E-state index in [0.717, 1.165) is 0 Å². The minimum absolute atomic E-state index is 3.27. The molecule has 0 aliphatic heterocycles. The third-order valence-corrected chi connectivity index (χ3v) is 0.106. The summed E-state index contributed by atoms with van der Waals surface area (Å²) in [5, 5.41) is 17.1. The van der Waals surface area contributed by atoms with Gasteiger partial charge in [-0.25, -0.2) is 0 Å². The summed E-state index contributed by atoms with van der Waals surface area (Å²) >= 11 is 0. The van der Waals surface area contributed by atoms with Crippen LogP contribution >= 0.6 is 0 Å². The van der Waals surface area contributed by atoms with Gasteiger partial charge in [-0.05, 0) is 6.85 Å². The van der Waals surface area contributed by atoms with E-state index in [0.29, 0.717) is 0 Å². The molecule has 0 aliphatic carbocycles. The third kappa shape index (κ3) is 3.92. The van der Waals surface area contributed by atoms with Crippen LogP contribution in [0.3, 0.4) is 0 Å². The summed E-state index contributed by atoms with van der Waals surface area (Å²) in [5.74, 6) is 0. The molecule has 0 bridgehead atoms. The number of hydrogen-bond donors (Lipinski definition) is 2. The molecule has 2 N–H and O–H groups in total. The highest BCUT2D eigenvalue weighted by Gasteiger charge is 1.83. The van der Waals surface area contributed by atoms with E-state index in [-0.39, 0.29) is 0 Å². The van der Waals surface area contributed by atoms with E-state index in [1.807, 2.05) is 0 Å². The Balaban J connectivity index is 4.75. The zero-order valence-electron chi connectivity index (χ0n) is 8.39. The highest BCUT2D eigenvalue weighted by molar-refractivity contribution is 4.33. The van der Waals surface area contributed by atoms with Crippen LogP contribution in [0.1, 0.15) is 15.1 Å². The van der Waals surface area contributed by atoms with Crippen LogP contribution in [0.2, 0.25) is 0 Å². The number of aliphatic hydroxyl groups is 2. The first-order chi connectivity index (χ1) is 4.50. The Morgan fingerprint density at radius 1 is 2.60 bits per heavy atom. The zero-order chi connectivity index (χ0) is 9.50. The van der Waals surface area contributed by atoms with Crippen LogP contribution in [0.4, 0.5) is 0 Å². The molecule has 0 saturated carbocycles. The molecule has 32 valence electrons. The van der Waals surface area contributed by atoms with Gasteiger partial charge >= 0.3 is 0 Å². The predicted octanol–water partition coefficient (Wildman–Crippen LogP) is -0.641. The molecule has 0 spiro atoms. The van der Waals surface area contributed by atoms with E-state index in [9.17, 15) is 0 Å². The molecule has 0 fully saturated rings. The maximum Gasteiger partial charge on any atom is 0.0742 e. The van der Waals surface area contributed by atoms with Crippen molar-refractivity contribution in [1.82, 2.24) is 0 Å². The van der Waals surface area contributed by atoms with E-state index in [1.54, 1.807) is 0 Å². The molecule has 0 aromatic heterocycles. The molecule has 0 aliphatic rings. The van der Waals surface area contributed by atoms with Crippen LogP contribution in [0.5, 0.6) is 0 Å². The second kappa shape index (κ2) is 2.18. The highest BCUT2D eigenvalue weighted by atomic mass is 16.3. The van der Waals surface area contributed by atoms with Crippen LogP contribution in [-0.4, -0.2) is 22.9 Å². The van der Waals surface area contributed by atoms with Crippen molar-refractivity contribution in [3.8, 4) is 0 Å². The lowest BCUT2D eigenvalue weighted by atomic mass is 10.5. The Bertz CT molecular complexity index is 127. The van der Waals surface area contributed by atoms with Crippen molar-refractivity contribution in [2.24, 2.45) is 0 Å². The van der Waals surface area contributed by atoms with Gasteiger partial charge in [0.25, 0.3) is 0 Å². The average molecular weight is 82.1 g/mol. The Kier molecular flexibility index (Phi) is 0.334. The summed E-state index contributed by atoms with van der Waals surface area (Å²) in [7, 11) is 0. The van der Waals surface area contributed by atoms with E-state index in [2.05, 4.69) is 0 Å². The van der Waals surface area contributed by atoms with Crippen LogP contribution in [0.25, 0.3) is 0 Å². The summed E-state index contributed by atoms with van der Waals surface area (Å²) in [6.07, 6.45) is -3.49. The first-order valence-electron chi connectivity index (χ1n) is 3.95. The lowest BCUT2D eigenvalue weighted by Crippen LogP contribution is -2.03. The molecule has 2 nitrogen and oxygen atoms in total. The Hall–Kier alpha value is -0.0800. The summed E-state index contributed by atoms with van der Waals surface area (Å²) in [4.78, 5) is 0. The second-order valence-corrected chi connectivity index (χ2v) is 0.460. The van der Waals surface area contributed by atoms with Gasteiger partial charge in [0.05, 0.1) is 16.8 Å². The zero-order valence-corrected chi connectivity index (χ0v) is 2.39. The summed E-state index contributed by atoms with van der Waals surface area (Å²) in [6.45, 7) is -6.73. The minimum Gasteiger partial charge on any atom is -0.394 e. The van der Waals surface area contributed by atoms with Crippen molar-refractivity contribution in [3.05, 3.63) is 0 Å². The standard InChI is InChI=1S/C3H8O2/c1-3(5)2-4/h3-5H,2H2,1H3/i1D3,2D2,3D. The molecule has 5 heavy (non-hydrogen) atoms. The smallest absolute Gasteiger partial charge is 0.0742 e. The van der Waals surface area contributed by atoms with Gasteiger partial charge < -0.3 is 10.2 Å². The van der Waals surface area contributed by atoms with Gasteiger partial charge in [0.15, 0.2) is 0 Å². The molecule has 0 aromatic carbocycles. The van der Waals surface area contributed by atoms with Crippen molar-refractivity contribution in [1.29, 1.82) is 0 Å². The van der Waals surface area contributed by atoms with E-state index in [4.69, 9.17) is 18.4 Å². The van der Waals surface area contributed by atoms with Gasteiger partial charge in [0.1, 0.15) is 0 Å². The normalized spacial score (nSPS) is 44.4. The lowest BCUT2D eigenvalue weighted by Gasteiger charge is -1.90. The molecule has 0 aromatic rings. The maximum absolute atomic E-state index is 8.67. The quantitative estimate of drug-likeness (QED) is 0.441. The van der Waals surface area contributed by atoms with Crippen molar-refractivity contribution >= 4 is 0 Å². The second-order valence-electron chi connectivity index (χ2n) is 0.460. The van der Waals surface area contributed by atoms with Crippen molar-refractivity contribution < 1.29 is 18.4 Å². The molecular weight excluding hydrogens is 68.0 g/mol. The molecule has 0 rings (SSSR count). The molecule has 0 amide bonds. The maximum atomic E-state index is 8.67. The number of rotatable bonds is 1. The fourth-order valence-corrected chi connectivity index (χ4v) is 0. The van der Waals surface area contributed by atoms with Gasteiger partial charge in [-0.15, -0.1) is 0 Å². The van der Waals surface area contributed by atoms with Crippen molar-refractivity contribution in [2.75, 3.05) is 6.56 Å². The minimum atomic E-state index is -3.49. The van der Waals surface area contributed by atoms with E-state index >= 15 is 0 Å². The monoisotopic (exact) mass is 82.1 g/mol. The van der Waals surface area contributed by atoms with Crippen LogP contribution in [-0.2, 0) is 0 Å². The Morgan fingerprint density at radius 3 is 3.20 bits per heavy atom. The summed E-state index contributed by atoms with van der Waals surface area (Å²) in [5.41, 5.74) is 0. The van der Waals surface area contributed by atoms with E-state index in [1.165, 1.54) is 0 Å². The molecule has 2 heteroatoms. The summed E-state index contributed by atoms with van der Waals surface area (Å²) in [6, 6.07) is 0. The van der Waals surface area contributed by atoms with Gasteiger partial charge in [-0.1, -0.05) is 0 Å². The van der Waals surface area contributed by atoms with Gasteiger partial charge in [-0.3, -0.25) is 0 Å². The third-order valence-electron chi connectivity index (χ3n) is 0.106. The van der Waals surface area contributed by atoms with E-state index < -0.39 is 19.5 Å². The summed E-state index contributed by atoms with van der Waals surface area (Å²) < 4.78 is 38.9. The van der Waals surface area contributed by atoms with Crippen molar-refractivity contribution in [2.45, 2.75) is 12.9 Å². The SMILES string of the molecule is [2H]C([2H])([2H])C([2H])(O)C([2H])([2H])O. The van der Waals surface area contributed by atoms with Gasteiger partial charge in [0.2, 0.25) is 0 Å². The first kappa shape index (κ1) is 0.768. The molecule has 0 radical (unpaired) electrons. The Morgan fingerprint density at radius 2 is 3.20 bits per heavy atom. The largest absolute Gasteiger partial charge is 0.394 e. The van der Waals surface area contributed by atoms with Crippen LogP contribution in [0, 0.1) is 0 Å². The van der Waals surface area contributed by atoms with Crippen LogP contribution in [0.15, 0.2) is 0 Å². The molecular formula is C3H8O2. The molecule has 0 heterocycles. The van der Waals surface area contributed by atoms with Gasteiger partial charge in [-0.2, -0.15) is 0 Å². The van der Waals surface area contributed by atoms with Gasteiger partial charge in [0, 0.05) is 4.11 Å². The lowest BCUT2D eigenvalue weighted by molar-refractivity contribution is 0.110. The highest BCUT2D eigenvalue weighted by Crippen LogP contribution is 1.68. The topological polar surface area (TPSA) is 40.5 Å².